The number of carbonyl (C=O) groups excluding carboxylic acids is 1. The minimum Gasteiger partial charge on any atom is -0.403 e. The van der Waals surface area contributed by atoms with Crippen LogP contribution in [0.5, 0.6) is 0 Å². The van der Waals surface area contributed by atoms with Crippen molar-refractivity contribution in [2.75, 3.05) is 5.32 Å². The molecule has 0 saturated heterocycles. The Morgan fingerprint density at radius 2 is 1.86 bits per heavy atom. The highest BCUT2D eigenvalue weighted by Gasteiger charge is 2.13. The van der Waals surface area contributed by atoms with E-state index in [0.29, 0.717) is 0 Å². The van der Waals surface area contributed by atoms with Gasteiger partial charge in [0, 0.05) is 5.56 Å². The molecule has 3 aromatic rings. The number of carbonyl (C=O) groups is 1. The first-order valence-corrected chi connectivity index (χ1v) is 6.05. The van der Waals surface area contributed by atoms with Crippen LogP contribution in [0.15, 0.2) is 52.9 Å². The monoisotopic (exact) mass is 284 g/mol. The van der Waals surface area contributed by atoms with Crippen LogP contribution < -0.4 is 5.32 Å². The zero-order valence-electron chi connectivity index (χ0n) is 10.7. The Labute approximate surface area is 118 Å². The minimum absolute atomic E-state index is 0.0746. The number of rotatable bonds is 3. The molecule has 0 saturated carbocycles. The van der Waals surface area contributed by atoms with E-state index in [4.69, 9.17) is 4.42 Å². The minimum atomic E-state index is -0.738. The quantitative estimate of drug-likeness (QED) is 0.747. The lowest BCUT2D eigenvalue weighted by Crippen LogP contribution is -2.14. The van der Waals surface area contributed by atoms with Crippen molar-refractivity contribution in [1.82, 2.24) is 15.2 Å². The van der Waals surface area contributed by atoms with E-state index >= 15 is 0 Å². The number of benzene rings is 1. The zero-order valence-corrected chi connectivity index (χ0v) is 10.7. The normalized spacial score (nSPS) is 10.3. The smallest absolute Gasteiger partial charge is 0.322 e. The van der Waals surface area contributed by atoms with Crippen LogP contribution in [0.1, 0.15) is 10.5 Å². The van der Waals surface area contributed by atoms with Gasteiger partial charge in [-0.25, -0.2) is 4.98 Å². The van der Waals surface area contributed by atoms with Crippen molar-refractivity contribution in [2.45, 2.75) is 0 Å². The van der Waals surface area contributed by atoms with E-state index in [1.54, 1.807) is 12.1 Å². The van der Waals surface area contributed by atoms with E-state index in [9.17, 15) is 9.18 Å². The number of amides is 1. The Kier molecular flexibility index (Phi) is 3.38. The summed E-state index contributed by atoms with van der Waals surface area (Å²) in [6.07, 6.45) is 0. The fourth-order valence-corrected chi connectivity index (χ4v) is 1.67. The van der Waals surface area contributed by atoms with Crippen LogP contribution in [-0.2, 0) is 0 Å². The Hall–Kier alpha value is -3.09. The lowest BCUT2D eigenvalue weighted by molar-refractivity contribution is 0.101. The van der Waals surface area contributed by atoms with Gasteiger partial charge in [0.05, 0.1) is 0 Å². The molecule has 3 rings (SSSR count). The molecule has 0 atom stereocenters. The Morgan fingerprint density at radius 1 is 1.05 bits per heavy atom. The second-order valence-electron chi connectivity index (χ2n) is 4.08. The van der Waals surface area contributed by atoms with Crippen LogP contribution in [0.25, 0.3) is 11.5 Å². The summed E-state index contributed by atoms with van der Waals surface area (Å²) in [7, 11) is 0. The molecule has 0 aliphatic heterocycles. The number of halogens is 1. The van der Waals surface area contributed by atoms with E-state index in [2.05, 4.69) is 20.5 Å². The van der Waals surface area contributed by atoms with Gasteiger partial charge in [-0.3, -0.25) is 10.1 Å². The Morgan fingerprint density at radius 3 is 2.62 bits per heavy atom. The van der Waals surface area contributed by atoms with Gasteiger partial charge >= 0.3 is 6.01 Å². The second kappa shape index (κ2) is 5.49. The van der Waals surface area contributed by atoms with Crippen LogP contribution in [0.3, 0.4) is 0 Å². The molecule has 7 heteroatoms. The molecule has 0 aliphatic carbocycles. The number of aromatic nitrogens is 3. The van der Waals surface area contributed by atoms with Crippen molar-refractivity contribution < 1.29 is 13.6 Å². The SMILES string of the molecule is O=C(Nc1nnc(-c2ccccc2)o1)c1cccc(F)n1. The molecular formula is C14H9FN4O2. The van der Waals surface area contributed by atoms with Crippen molar-refractivity contribution in [3.05, 3.63) is 60.2 Å². The average molecular weight is 284 g/mol. The van der Waals surface area contributed by atoms with Crippen LogP contribution in [-0.4, -0.2) is 21.1 Å². The van der Waals surface area contributed by atoms with E-state index in [0.717, 1.165) is 11.6 Å². The highest BCUT2D eigenvalue weighted by molar-refractivity contribution is 6.01. The van der Waals surface area contributed by atoms with Crippen molar-refractivity contribution in [3.8, 4) is 11.5 Å². The van der Waals surface area contributed by atoms with Crippen molar-refractivity contribution in [3.63, 3.8) is 0 Å². The molecule has 0 bridgehead atoms. The van der Waals surface area contributed by atoms with Crippen molar-refractivity contribution >= 4 is 11.9 Å². The predicted octanol–water partition coefficient (Wildman–Crippen LogP) is 2.52. The van der Waals surface area contributed by atoms with Gasteiger partial charge in [0.15, 0.2) is 0 Å². The molecule has 2 heterocycles. The number of nitrogens with one attached hydrogen (secondary N) is 1. The van der Waals surface area contributed by atoms with E-state index in [1.807, 2.05) is 18.2 Å². The summed E-state index contributed by atoms with van der Waals surface area (Å²) >= 11 is 0. The summed E-state index contributed by atoms with van der Waals surface area (Å²) in [4.78, 5) is 15.3. The number of pyridine rings is 1. The summed E-state index contributed by atoms with van der Waals surface area (Å²) in [5.74, 6) is -1.09. The molecule has 0 fully saturated rings. The standard InChI is InChI=1S/C14H9FN4O2/c15-11-8-4-7-10(16-11)12(20)17-14-19-18-13(21-14)9-5-2-1-3-6-9/h1-8H,(H,17,19,20). The molecule has 1 amide bonds. The van der Waals surface area contributed by atoms with Crippen LogP contribution in [0.4, 0.5) is 10.4 Å². The fraction of sp³-hybridized carbons (Fsp3) is 0. The van der Waals surface area contributed by atoms with Gasteiger partial charge in [-0.2, -0.15) is 4.39 Å². The molecule has 6 nitrogen and oxygen atoms in total. The molecule has 0 unspecified atom stereocenters. The van der Waals surface area contributed by atoms with Gasteiger partial charge < -0.3 is 4.42 Å². The number of anilines is 1. The topological polar surface area (TPSA) is 80.9 Å². The summed E-state index contributed by atoms with van der Waals surface area (Å²) in [5.41, 5.74) is 0.656. The lowest BCUT2D eigenvalue weighted by Gasteiger charge is -1.99. The van der Waals surface area contributed by atoms with E-state index in [-0.39, 0.29) is 17.6 Å². The fourth-order valence-electron chi connectivity index (χ4n) is 1.67. The summed E-state index contributed by atoms with van der Waals surface area (Å²) in [6, 6.07) is 13.0. The summed E-state index contributed by atoms with van der Waals surface area (Å²) in [6.45, 7) is 0. The van der Waals surface area contributed by atoms with Crippen molar-refractivity contribution in [2.24, 2.45) is 0 Å². The third-order valence-electron chi connectivity index (χ3n) is 2.61. The van der Waals surface area contributed by atoms with Gasteiger partial charge in [0.25, 0.3) is 5.91 Å². The van der Waals surface area contributed by atoms with Crippen LogP contribution >= 0.6 is 0 Å². The summed E-state index contributed by atoms with van der Waals surface area (Å²) in [5, 5.41) is 9.90. The van der Waals surface area contributed by atoms with Gasteiger partial charge in [-0.05, 0) is 24.3 Å². The number of hydrogen-bond acceptors (Lipinski definition) is 5. The first-order chi connectivity index (χ1) is 10.2. The van der Waals surface area contributed by atoms with E-state index < -0.39 is 11.9 Å². The first-order valence-electron chi connectivity index (χ1n) is 6.05. The van der Waals surface area contributed by atoms with Gasteiger partial charge in [-0.15, -0.1) is 5.10 Å². The maximum atomic E-state index is 12.9. The Bertz CT molecular complexity index is 773. The first kappa shape index (κ1) is 12.9. The molecule has 1 N–H and O–H groups in total. The highest BCUT2D eigenvalue weighted by atomic mass is 19.1. The molecule has 104 valence electrons. The molecule has 2 aromatic heterocycles. The van der Waals surface area contributed by atoms with Gasteiger partial charge in [0.2, 0.25) is 11.8 Å². The van der Waals surface area contributed by atoms with Crippen LogP contribution in [0.2, 0.25) is 0 Å². The van der Waals surface area contributed by atoms with Gasteiger partial charge in [0.1, 0.15) is 5.69 Å². The summed E-state index contributed by atoms with van der Waals surface area (Å²) < 4.78 is 18.3. The van der Waals surface area contributed by atoms with E-state index in [1.165, 1.54) is 12.1 Å². The number of hydrogen-bond donors (Lipinski definition) is 1. The predicted molar refractivity (Wildman–Crippen MR) is 71.9 cm³/mol. The number of nitrogens with zero attached hydrogens (tertiary/aromatic N) is 3. The molecule has 21 heavy (non-hydrogen) atoms. The molecule has 0 aliphatic rings. The maximum absolute atomic E-state index is 12.9. The largest absolute Gasteiger partial charge is 0.403 e. The highest BCUT2D eigenvalue weighted by Crippen LogP contribution is 2.19. The molecule has 0 spiro atoms. The molecule has 1 aromatic carbocycles. The van der Waals surface area contributed by atoms with Crippen LogP contribution in [0, 0.1) is 5.95 Å². The third-order valence-corrected chi connectivity index (χ3v) is 2.61. The lowest BCUT2D eigenvalue weighted by atomic mass is 10.2. The molecule has 0 radical (unpaired) electrons. The second-order valence-corrected chi connectivity index (χ2v) is 4.08. The average Bonchev–Trinajstić information content (AvgIpc) is 2.97. The Balaban J connectivity index is 1.77. The molecular weight excluding hydrogens is 275 g/mol. The zero-order chi connectivity index (χ0) is 14.7. The van der Waals surface area contributed by atoms with Crippen molar-refractivity contribution in [1.29, 1.82) is 0 Å². The third kappa shape index (κ3) is 2.92. The van der Waals surface area contributed by atoms with Gasteiger partial charge in [-0.1, -0.05) is 29.4 Å². The maximum Gasteiger partial charge on any atom is 0.322 e.